The quantitative estimate of drug-likeness (QED) is 0.293. The first-order valence-electron chi connectivity index (χ1n) is 8.37. The number of aryl methyl sites for hydroxylation is 2. The molecule has 27 heavy (non-hydrogen) atoms. The molecule has 0 atom stereocenters. The molecule has 0 spiro atoms. The second-order valence-electron chi connectivity index (χ2n) is 6.08. The number of nitro benzene ring substituents is 1. The van der Waals surface area contributed by atoms with E-state index in [2.05, 4.69) is 0 Å². The summed E-state index contributed by atoms with van der Waals surface area (Å²) in [5.41, 5.74) is 1.31. The van der Waals surface area contributed by atoms with Crippen LogP contribution in [0.2, 0.25) is 0 Å². The smallest absolute Gasteiger partial charge is 0.345 e. The van der Waals surface area contributed by atoms with Gasteiger partial charge in [-0.2, -0.15) is 0 Å². The van der Waals surface area contributed by atoms with Gasteiger partial charge in [-0.3, -0.25) is 10.1 Å². The number of esters is 1. The molecule has 0 saturated carbocycles. The minimum atomic E-state index is -0.822. The molecule has 3 rings (SSSR count). The highest BCUT2D eigenvalue weighted by Gasteiger charge is 2.23. The monoisotopic (exact) mass is 367 g/mol. The maximum absolute atomic E-state index is 12.4. The third kappa shape index (κ3) is 3.72. The Morgan fingerprint density at radius 1 is 1.22 bits per heavy atom. The van der Waals surface area contributed by atoms with Crippen molar-refractivity contribution < 1.29 is 18.9 Å². The van der Waals surface area contributed by atoms with Gasteiger partial charge in [-0.15, -0.1) is 0 Å². The van der Waals surface area contributed by atoms with E-state index in [9.17, 15) is 19.7 Å². The fourth-order valence-corrected chi connectivity index (χ4v) is 2.90. The van der Waals surface area contributed by atoms with Crippen LogP contribution in [0.4, 0.5) is 5.69 Å². The van der Waals surface area contributed by atoms with E-state index in [-0.39, 0.29) is 17.9 Å². The summed E-state index contributed by atoms with van der Waals surface area (Å²) in [6.45, 7) is 3.34. The Balaban J connectivity index is 1.92. The lowest BCUT2D eigenvalue weighted by Crippen LogP contribution is -2.10. The molecular weight excluding hydrogens is 350 g/mol. The highest BCUT2D eigenvalue weighted by Crippen LogP contribution is 2.25. The van der Waals surface area contributed by atoms with Crippen molar-refractivity contribution in [3.8, 4) is 0 Å². The summed E-state index contributed by atoms with van der Waals surface area (Å²) in [5.74, 6) is -0.822. The molecule has 7 nitrogen and oxygen atoms in total. The molecule has 0 aliphatic carbocycles. The van der Waals surface area contributed by atoms with Crippen molar-refractivity contribution in [2.24, 2.45) is 0 Å². The van der Waals surface area contributed by atoms with E-state index in [0.717, 1.165) is 12.0 Å². The van der Waals surface area contributed by atoms with E-state index < -0.39 is 16.5 Å². The SMILES string of the molecule is CCc1ccc2c(COC(=O)c3cccc(C)c3[N+](=O)[O-])cc(=O)oc2c1. The number of hydrogen-bond acceptors (Lipinski definition) is 6. The van der Waals surface area contributed by atoms with E-state index in [1.54, 1.807) is 31.2 Å². The molecule has 1 heterocycles. The van der Waals surface area contributed by atoms with E-state index in [0.29, 0.717) is 22.1 Å². The number of hydrogen-bond donors (Lipinski definition) is 0. The summed E-state index contributed by atoms with van der Waals surface area (Å²) >= 11 is 0. The Bertz CT molecular complexity index is 1100. The van der Waals surface area contributed by atoms with Crippen molar-refractivity contribution >= 4 is 22.6 Å². The van der Waals surface area contributed by atoms with Crippen LogP contribution in [0.15, 0.2) is 51.7 Å². The number of nitrogens with zero attached hydrogens (tertiary/aromatic N) is 1. The fraction of sp³-hybridized carbons (Fsp3) is 0.200. The lowest BCUT2D eigenvalue weighted by atomic mass is 10.1. The average Bonchev–Trinajstić information content (AvgIpc) is 2.64. The summed E-state index contributed by atoms with van der Waals surface area (Å²) in [7, 11) is 0. The second-order valence-corrected chi connectivity index (χ2v) is 6.08. The Hall–Kier alpha value is -3.48. The molecule has 7 heteroatoms. The van der Waals surface area contributed by atoms with Crippen molar-refractivity contribution in [2.45, 2.75) is 26.9 Å². The van der Waals surface area contributed by atoms with Gasteiger partial charge in [0.05, 0.1) is 4.92 Å². The maximum atomic E-state index is 12.4. The second kappa shape index (κ2) is 7.41. The van der Waals surface area contributed by atoms with Gasteiger partial charge in [0.1, 0.15) is 17.8 Å². The Kier molecular flexibility index (Phi) is 5.03. The van der Waals surface area contributed by atoms with Crippen LogP contribution >= 0.6 is 0 Å². The fourth-order valence-electron chi connectivity index (χ4n) is 2.90. The molecule has 0 aliphatic rings. The van der Waals surface area contributed by atoms with Gasteiger partial charge in [0, 0.05) is 22.6 Å². The molecule has 1 aromatic heterocycles. The van der Waals surface area contributed by atoms with Gasteiger partial charge in [-0.1, -0.05) is 31.2 Å². The molecule has 0 saturated heterocycles. The lowest BCUT2D eigenvalue weighted by molar-refractivity contribution is -0.385. The van der Waals surface area contributed by atoms with Crippen molar-refractivity contribution in [1.29, 1.82) is 0 Å². The average molecular weight is 367 g/mol. The molecule has 0 N–H and O–H groups in total. The van der Waals surface area contributed by atoms with Crippen molar-refractivity contribution in [2.75, 3.05) is 0 Å². The summed E-state index contributed by atoms with van der Waals surface area (Å²) in [5, 5.41) is 11.9. The lowest BCUT2D eigenvalue weighted by Gasteiger charge is -2.09. The van der Waals surface area contributed by atoms with Crippen molar-refractivity contribution in [3.05, 3.63) is 85.3 Å². The summed E-state index contributed by atoms with van der Waals surface area (Å²) < 4.78 is 10.5. The number of ether oxygens (including phenoxy) is 1. The van der Waals surface area contributed by atoms with E-state index >= 15 is 0 Å². The Labute approximate surface area is 154 Å². The molecule has 0 bridgehead atoms. The van der Waals surface area contributed by atoms with Crippen LogP contribution in [-0.4, -0.2) is 10.9 Å². The predicted octanol–water partition coefficient (Wildman–Crippen LogP) is 3.93. The largest absolute Gasteiger partial charge is 0.457 e. The zero-order chi connectivity index (χ0) is 19.6. The van der Waals surface area contributed by atoms with Crippen LogP contribution in [-0.2, 0) is 17.8 Å². The van der Waals surface area contributed by atoms with Crippen LogP contribution in [0, 0.1) is 17.0 Å². The number of carbonyl (C=O) groups excluding carboxylic acids is 1. The predicted molar refractivity (Wildman–Crippen MR) is 98.8 cm³/mol. The van der Waals surface area contributed by atoms with Gasteiger partial charge in [0.15, 0.2) is 0 Å². The van der Waals surface area contributed by atoms with Gasteiger partial charge in [-0.25, -0.2) is 9.59 Å². The van der Waals surface area contributed by atoms with Gasteiger partial charge in [-0.05, 0) is 31.0 Å². The minimum absolute atomic E-state index is 0.124. The van der Waals surface area contributed by atoms with Crippen molar-refractivity contribution in [1.82, 2.24) is 0 Å². The van der Waals surface area contributed by atoms with E-state index in [1.165, 1.54) is 12.1 Å². The number of para-hydroxylation sites is 1. The number of nitro groups is 1. The van der Waals surface area contributed by atoms with Crippen LogP contribution in [0.1, 0.15) is 34.0 Å². The highest BCUT2D eigenvalue weighted by molar-refractivity contribution is 5.94. The van der Waals surface area contributed by atoms with Crippen molar-refractivity contribution in [3.63, 3.8) is 0 Å². The summed E-state index contributed by atoms with van der Waals surface area (Å²) in [6, 6.07) is 11.2. The van der Waals surface area contributed by atoms with Crippen LogP contribution in [0.5, 0.6) is 0 Å². The van der Waals surface area contributed by atoms with Gasteiger partial charge in [0.25, 0.3) is 5.69 Å². The summed E-state index contributed by atoms with van der Waals surface area (Å²) in [6.07, 6.45) is 0.788. The third-order valence-electron chi connectivity index (χ3n) is 4.30. The normalized spacial score (nSPS) is 10.7. The van der Waals surface area contributed by atoms with Crippen LogP contribution in [0.3, 0.4) is 0 Å². The standard InChI is InChI=1S/C20H17NO6/c1-3-13-7-8-15-14(10-18(22)27-17(15)9-13)11-26-20(23)16-6-4-5-12(2)19(16)21(24)25/h4-10H,3,11H2,1-2H3. The van der Waals surface area contributed by atoms with Crippen LogP contribution < -0.4 is 5.63 Å². The first-order valence-corrected chi connectivity index (χ1v) is 8.37. The zero-order valence-electron chi connectivity index (χ0n) is 14.9. The number of fused-ring (bicyclic) bond motifs is 1. The maximum Gasteiger partial charge on any atom is 0.345 e. The Morgan fingerprint density at radius 3 is 2.70 bits per heavy atom. The van der Waals surface area contributed by atoms with E-state index in [4.69, 9.17) is 9.15 Å². The third-order valence-corrected chi connectivity index (χ3v) is 4.30. The molecule has 0 unspecified atom stereocenters. The zero-order valence-corrected chi connectivity index (χ0v) is 14.9. The van der Waals surface area contributed by atoms with Gasteiger partial charge < -0.3 is 9.15 Å². The molecule has 2 aromatic carbocycles. The molecular formula is C20H17NO6. The first kappa shape index (κ1) is 18.3. The summed E-state index contributed by atoms with van der Waals surface area (Å²) in [4.78, 5) is 34.8. The molecule has 0 radical (unpaired) electrons. The van der Waals surface area contributed by atoms with Crippen LogP contribution in [0.25, 0.3) is 11.0 Å². The topological polar surface area (TPSA) is 99.6 Å². The van der Waals surface area contributed by atoms with Gasteiger partial charge >= 0.3 is 11.6 Å². The molecule has 0 amide bonds. The molecule has 3 aromatic rings. The van der Waals surface area contributed by atoms with E-state index in [1.807, 2.05) is 13.0 Å². The molecule has 0 fully saturated rings. The van der Waals surface area contributed by atoms with Gasteiger partial charge in [0.2, 0.25) is 0 Å². The number of carbonyl (C=O) groups is 1. The Morgan fingerprint density at radius 2 is 2.00 bits per heavy atom. The minimum Gasteiger partial charge on any atom is -0.457 e. The first-order chi connectivity index (χ1) is 12.9. The molecule has 0 aliphatic heterocycles. The number of rotatable bonds is 5. The number of benzene rings is 2. The highest BCUT2D eigenvalue weighted by atomic mass is 16.6. The molecule has 138 valence electrons.